The highest BCUT2D eigenvalue weighted by Gasteiger charge is 2.12. The van der Waals surface area contributed by atoms with Crippen LogP contribution in [0.15, 0.2) is 51.4 Å². The first-order valence-electron chi connectivity index (χ1n) is 5.96. The quantitative estimate of drug-likeness (QED) is 0.791. The zero-order valence-corrected chi connectivity index (χ0v) is 13.6. The van der Waals surface area contributed by atoms with Gasteiger partial charge in [0.2, 0.25) is 0 Å². The van der Waals surface area contributed by atoms with Gasteiger partial charge in [0.15, 0.2) is 0 Å². The molecule has 0 spiro atoms. The molecule has 0 amide bonds. The van der Waals surface area contributed by atoms with Crippen LogP contribution in [0.1, 0.15) is 17.2 Å². The Labute approximate surface area is 129 Å². The molecule has 0 radical (unpaired) electrons. The van der Waals surface area contributed by atoms with Crippen molar-refractivity contribution in [2.45, 2.75) is 12.5 Å². The first-order chi connectivity index (χ1) is 9.08. The summed E-state index contributed by atoms with van der Waals surface area (Å²) < 4.78 is 15.3. The minimum Gasteiger partial charge on any atom is -0.313 e. The Morgan fingerprint density at radius 2 is 1.74 bits per heavy atom. The first-order valence-corrected chi connectivity index (χ1v) is 7.55. The fraction of sp³-hybridized carbons (Fsp3) is 0.200. The molecular formula is C15H14Br2FN. The van der Waals surface area contributed by atoms with Gasteiger partial charge in [0.05, 0.1) is 0 Å². The van der Waals surface area contributed by atoms with Gasteiger partial charge in [-0.2, -0.15) is 0 Å². The van der Waals surface area contributed by atoms with Crippen molar-refractivity contribution >= 4 is 31.9 Å². The number of halogens is 3. The van der Waals surface area contributed by atoms with Crippen molar-refractivity contribution in [3.8, 4) is 0 Å². The fourth-order valence-electron chi connectivity index (χ4n) is 2.02. The number of nitrogens with one attached hydrogen (secondary N) is 1. The molecule has 0 saturated heterocycles. The molecule has 1 N–H and O–H groups in total. The molecule has 2 rings (SSSR count). The summed E-state index contributed by atoms with van der Waals surface area (Å²) in [6, 6.07) is 13.3. The summed E-state index contributed by atoms with van der Waals surface area (Å²) in [5.41, 5.74) is 2.15. The predicted molar refractivity (Wildman–Crippen MR) is 83.7 cm³/mol. The predicted octanol–water partition coefficient (Wildman–Crippen LogP) is 4.85. The van der Waals surface area contributed by atoms with Crippen LogP contribution in [0.3, 0.4) is 0 Å². The van der Waals surface area contributed by atoms with Crippen LogP contribution >= 0.6 is 31.9 Å². The van der Waals surface area contributed by atoms with Gasteiger partial charge in [0.25, 0.3) is 0 Å². The largest absolute Gasteiger partial charge is 0.313 e. The maximum Gasteiger partial charge on any atom is 0.124 e. The van der Waals surface area contributed by atoms with Crippen molar-refractivity contribution in [1.82, 2.24) is 5.32 Å². The fourth-order valence-corrected chi connectivity index (χ4v) is 2.77. The minimum absolute atomic E-state index is 0.0909. The molecule has 0 aromatic heterocycles. The monoisotopic (exact) mass is 385 g/mol. The van der Waals surface area contributed by atoms with E-state index < -0.39 is 0 Å². The van der Waals surface area contributed by atoms with Gasteiger partial charge in [-0.15, -0.1) is 0 Å². The van der Waals surface area contributed by atoms with Crippen LogP contribution < -0.4 is 5.32 Å². The topological polar surface area (TPSA) is 12.0 Å². The molecule has 0 aliphatic carbocycles. The molecule has 0 aliphatic rings. The van der Waals surface area contributed by atoms with Crippen molar-refractivity contribution < 1.29 is 4.39 Å². The number of hydrogen-bond acceptors (Lipinski definition) is 1. The van der Waals surface area contributed by atoms with E-state index in [1.165, 1.54) is 11.6 Å². The summed E-state index contributed by atoms with van der Waals surface area (Å²) in [6.45, 7) is 0. The van der Waals surface area contributed by atoms with E-state index >= 15 is 0 Å². The maximum absolute atomic E-state index is 13.5. The van der Waals surface area contributed by atoms with Crippen molar-refractivity contribution in [2.24, 2.45) is 0 Å². The minimum atomic E-state index is -0.222. The van der Waals surface area contributed by atoms with Crippen LogP contribution in [-0.2, 0) is 6.42 Å². The normalized spacial score (nSPS) is 12.4. The number of benzene rings is 2. The lowest BCUT2D eigenvalue weighted by Gasteiger charge is -2.17. The number of likely N-dealkylation sites (N-methyl/N-ethyl adjacent to an activating group) is 1. The molecule has 0 fully saturated rings. The van der Waals surface area contributed by atoms with E-state index in [0.717, 1.165) is 20.9 Å². The molecule has 2 aromatic carbocycles. The Morgan fingerprint density at radius 3 is 2.32 bits per heavy atom. The molecule has 100 valence electrons. The zero-order valence-electron chi connectivity index (χ0n) is 10.5. The Hall–Kier alpha value is -0.710. The van der Waals surface area contributed by atoms with Crippen LogP contribution in [-0.4, -0.2) is 7.05 Å². The third-order valence-electron chi connectivity index (χ3n) is 2.99. The second kappa shape index (κ2) is 6.64. The molecule has 4 heteroatoms. The summed E-state index contributed by atoms with van der Waals surface area (Å²) >= 11 is 6.75. The molecule has 0 saturated carbocycles. The Bertz CT molecular complexity index is 534. The van der Waals surface area contributed by atoms with E-state index in [0.29, 0.717) is 0 Å². The molecule has 1 atom stereocenters. The number of rotatable bonds is 4. The molecular weight excluding hydrogens is 373 g/mol. The Balaban J connectivity index is 2.22. The molecule has 19 heavy (non-hydrogen) atoms. The van der Waals surface area contributed by atoms with Crippen molar-refractivity contribution in [3.05, 3.63) is 68.4 Å². The first kappa shape index (κ1) is 14.7. The van der Waals surface area contributed by atoms with Gasteiger partial charge in [0, 0.05) is 15.0 Å². The summed E-state index contributed by atoms with van der Waals surface area (Å²) in [5, 5.41) is 3.24. The van der Waals surface area contributed by atoms with Gasteiger partial charge < -0.3 is 5.32 Å². The van der Waals surface area contributed by atoms with E-state index in [-0.39, 0.29) is 11.9 Å². The molecule has 0 heterocycles. The molecule has 1 unspecified atom stereocenters. The average molecular weight is 387 g/mol. The van der Waals surface area contributed by atoms with E-state index in [9.17, 15) is 4.39 Å². The molecule has 1 nitrogen and oxygen atoms in total. The van der Waals surface area contributed by atoms with Crippen LogP contribution in [0.2, 0.25) is 0 Å². The van der Waals surface area contributed by atoms with Gasteiger partial charge in [-0.05, 0) is 54.9 Å². The summed E-state index contributed by atoms with van der Waals surface area (Å²) in [6.07, 6.45) is 0.819. The lowest BCUT2D eigenvalue weighted by Crippen LogP contribution is -2.19. The van der Waals surface area contributed by atoms with Crippen molar-refractivity contribution in [1.29, 1.82) is 0 Å². The van der Waals surface area contributed by atoms with Gasteiger partial charge >= 0.3 is 0 Å². The van der Waals surface area contributed by atoms with Crippen molar-refractivity contribution in [3.63, 3.8) is 0 Å². The maximum atomic E-state index is 13.5. The highest BCUT2D eigenvalue weighted by molar-refractivity contribution is 9.10. The lowest BCUT2D eigenvalue weighted by atomic mass is 9.99. The van der Waals surface area contributed by atoms with Crippen molar-refractivity contribution in [2.75, 3.05) is 7.05 Å². The van der Waals surface area contributed by atoms with Crippen LogP contribution in [0.25, 0.3) is 0 Å². The average Bonchev–Trinajstić information content (AvgIpc) is 2.37. The van der Waals surface area contributed by atoms with E-state index in [2.05, 4.69) is 49.3 Å². The van der Waals surface area contributed by atoms with Gasteiger partial charge in [0.1, 0.15) is 5.82 Å². The summed E-state index contributed by atoms with van der Waals surface area (Å²) in [4.78, 5) is 0. The van der Waals surface area contributed by atoms with E-state index in [4.69, 9.17) is 0 Å². The molecule has 2 aromatic rings. The Morgan fingerprint density at radius 1 is 1.05 bits per heavy atom. The van der Waals surface area contributed by atoms with Gasteiger partial charge in [-0.25, -0.2) is 4.39 Å². The Kier molecular flexibility index (Phi) is 5.13. The van der Waals surface area contributed by atoms with Gasteiger partial charge in [-0.3, -0.25) is 0 Å². The van der Waals surface area contributed by atoms with E-state index in [1.54, 1.807) is 6.07 Å². The lowest BCUT2D eigenvalue weighted by molar-refractivity contribution is 0.576. The highest BCUT2D eigenvalue weighted by Crippen LogP contribution is 2.23. The van der Waals surface area contributed by atoms with Gasteiger partial charge in [-0.1, -0.05) is 44.0 Å². The number of hydrogen-bond donors (Lipinski definition) is 1. The summed E-state index contributed by atoms with van der Waals surface area (Å²) in [7, 11) is 1.89. The molecule has 0 bridgehead atoms. The third kappa shape index (κ3) is 4.13. The second-order valence-electron chi connectivity index (χ2n) is 4.37. The van der Waals surface area contributed by atoms with E-state index in [1.807, 2.05) is 25.2 Å². The second-order valence-corrected chi connectivity index (χ2v) is 6.21. The highest BCUT2D eigenvalue weighted by atomic mass is 79.9. The molecule has 0 aliphatic heterocycles. The standard InChI is InChI=1S/C15H14Br2FN/c1-19-15(6-10-2-4-12(16)5-3-10)11-7-13(17)9-14(18)8-11/h2-5,7-9,15,19H,6H2,1H3. The summed E-state index contributed by atoms with van der Waals surface area (Å²) in [5.74, 6) is -0.222. The third-order valence-corrected chi connectivity index (χ3v) is 3.98. The zero-order chi connectivity index (χ0) is 13.8. The van der Waals surface area contributed by atoms with Crippen LogP contribution in [0.5, 0.6) is 0 Å². The van der Waals surface area contributed by atoms with Crippen LogP contribution in [0.4, 0.5) is 4.39 Å². The smallest absolute Gasteiger partial charge is 0.124 e. The van der Waals surface area contributed by atoms with Crippen LogP contribution in [0, 0.1) is 5.82 Å². The SMILES string of the molecule is CNC(Cc1ccc(Br)cc1)c1cc(F)cc(Br)c1.